The van der Waals surface area contributed by atoms with E-state index in [4.69, 9.17) is 11.6 Å². The van der Waals surface area contributed by atoms with Gasteiger partial charge >= 0.3 is 0 Å². The minimum Gasteiger partial charge on any atom is -0.346 e. The molecule has 0 aliphatic rings. The van der Waals surface area contributed by atoms with Gasteiger partial charge in [0.15, 0.2) is 0 Å². The van der Waals surface area contributed by atoms with E-state index in [-0.39, 0.29) is 5.56 Å². The molecule has 0 aliphatic heterocycles. The summed E-state index contributed by atoms with van der Waals surface area (Å²) >= 11 is 6.20. The maximum Gasteiger partial charge on any atom is 0.138 e. The molecule has 0 atom stereocenters. The predicted octanol–water partition coefficient (Wildman–Crippen LogP) is 3.89. The second-order valence-electron chi connectivity index (χ2n) is 4.13. The number of hydrogen-bond acceptors (Lipinski definition) is 1. The standard InChI is InChI=1S/C15H7ClF2N2/c16-14-10(8-20-15-13(14)3-4-19-15)2-1-9-5-11(17)7-12(18)6-9/h3-8H,(H,19,20). The highest BCUT2D eigenvalue weighted by Crippen LogP contribution is 2.24. The number of hydrogen-bond donors (Lipinski definition) is 1. The van der Waals surface area contributed by atoms with Crippen LogP contribution >= 0.6 is 11.6 Å². The number of aromatic amines is 1. The van der Waals surface area contributed by atoms with Crippen LogP contribution in [0.15, 0.2) is 36.7 Å². The summed E-state index contributed by atoms with van der Waals surface area (Å²) in [5, 5.41) is 1.21. The maximum atomic E-state index is 13.0. The minimum absolute atomic E-state index is 0.243. The van der Waals surface area contributed by atoms with E-state index in [1.165, 1.54) is 6.20 Å². The highest BCUT2D eigenvalue weighted by atomic mass is 35.5. The number of H-pyrrole nitrogens is 1. The molecule has 0 bridgehead atoms. The van der Waals surface area contributed by atoms with E-state index in [9.17, 15) is 8.78 Å². The van der Waals surface area contributed by atoms with Crippen LogP contribution < -0.4 is 0 Å². The first-order valence-corrected chi connectivity index (χ1v) is 6.11. The third-order valence-corrected chi connectivity index (χ3v) is 3.13. The molecule has 1 aromatic carbocycles. The smallest absolute Gasteiger partial charge is 0.138 e. The highest BCUT2D eigenvalue weighted by Gasteiger charge is 2.05. The van der Waals surface area contributed by atoms with Gasteiger partial charge in [0.1, 0.15) is 17.3 Å². The quantitative estimate of drug-likeness (QED) is 0.625. The summed E-state index contributed by atoms with van der Waals surface area (Å²) in [5.74, 6) is 4.12. The Labute approximate surface area is 118 Å². The van der Waals surface area contributed by atoms with Crippen molar-refractivity contribution in [1.82, 2.24) is 9.97 Å². The Bertz CT molecular complexity index is 839. The van der Waals surface area contributed by atoms with Gasteiger partial charge in [-0.1, -0.05) is 23.4 Å². The summed E-state index contributed by atoms with van der Waals surface area (Å²) in [6, 6.07) is 4.90. The van der Waals surface area contributed by atoms with Crippen LogP contribution in [-0.2, 0) is 0 Å². The van der Waals surface area contributed by atoms with Crippen molar-refractivity contribution in [3.8, 4) is 11.8 Å². The van der Waals surface area contributed by atoms with Crippen LogP contribution in [0.1, 0.15) is 11.1 Å². The van der Waals surface area contributed by atoms with Gasteiger partial charge in [-0.2, -0.15) is 0 Å². The fourth-order valence-corrected chi connectivity index (χ4v) is 2.08. The van der Waals surface area contributed by atoms with E-state index in [1.54, 1.807) is 12.3 Å². The molecule has 0 saturated carbocycles. The molecular formula is C15H7ClF2N2. The van der Waals surface area contributed by atoms with Crippen LogP contribution in [-0.4, -0.2) is 9.97 Å². The fourth-order valence-electron chi connectivity index (χ4n) is 1.83. The molecule has 1 N–H and O–H groups in total. The highest BCUT2D eigenvalue weighted by molar-refractivity contribution is 6.36. The van der Waals surface area contributed by atoms with Crippen LogP contribution in [0.25, 0.3) is 11.0 Å². The summed E-state index contributed by atoms with van der Waals surface area (Å²) in [6.45, 7) is 0. The van der Waals surface area contributed by atoms with Gasteiger partial charge in [0.05, 0.1) is 10.6 Å². The molecule has 20 heavy (non-hydrogen) atoms. The summed E-state index contributed by atoms with van der Waals surface area (Å²) in [4.78, 5) is 7.09. The number of fused-ring (bicyclic) bond motifs is 1. The first-order valence-electron chi connectivity index (χ1n) is 5.73. The number of pyridine rings is 1. The summed E-state index contributed by atoms with van der Waals surface area (Å²) < 4.78 is 26.1. The molecule has 0 aliphatic carbocycles. The molecule has 5 heteroatoms. The van der Waals surface area contributed by atoms with E-state index < -0.39 is 11.6 Å². The van der Waals surface area contributed by atoms with Crippen molar-refractivity contribution in [2.24, 2.45) is 0 Å². The number of nitrogens with one attached hydrogen (secondary N) is 1. The zero-order valence-corrected chi connectivity index (χ0v) is 10.8. The number of halogens is 3. The lowest BCUT2D eigenvalue weighted by molar-refractivity contribution is 0.582. The average molecular weight is 289 g/mol. The third-order valence-electron chi connectivity index (χ3n) is 2.72. The van der Waals surface area contributed by atoms with Crippen molar-refractivity contribution < 1.29 is 8.78 Å². The van der Waals surface area contributed by atoms with Gasteiger partial charge < -0.3 is 4.98 Å². The molecule has 0 amide bonds. The molecule has 0 saturated heterocycles. The van der Waals surface area contributed by atoms with Gasteiger partial charge in [-0.3, -0.25) is 0 Å². The maximum absolute atomic E-state index is 13.0. The van der Waals surface area contributed by atoms with Gasteiger partial charge in [-0.15, -0.1) is 0 Å². The lowest BCUT2D eigenvalue weighted by Crippen LogP contribution is -1.85. The summed E-state index contributed by atoms with van der Waals surface area (Å²) in [6.07, 6.45) is 3.24. The molecule has 0 fully saturated rings. The lowest BCUT2D eigenvalue weighted by Gasteiger charge is -1.97. The second-order valence-corrected chi connectivity index (χ2v) is 4.51. The first kappa shape index (κ1) is 12.6. The third kappa shape index (κ3) is 2.36. The fraction of sp³-hybridized carbons (Fsp3) is 0. The molecule has 0 unspecified atom stereocenters. The Morgan fingerprint density at radius 1 is 1.10 bits per heavy atom. The molecule has 2 nitrogen and oxygen atoms in total. The van der Waals surface area contributed by atoms with Crippen molar-refractivity contribution in [3.63, 3.8) is 0 Å². The largest absolute Gasteiger partial charge is 0.346 e. The van der Waals surface area contributed by atoms with Crippen molar-refractivity contribution in [3.05, 3.63) is 64.4 Å². The number of aromatic nitrogens is 2. The lowest BCUT2D eigenvalue weighted by atomic mass is 10.2. The van der Waals surface area contributed by atoms with Crippen molar-refractivity contribution >= 4 is 22.6 Å². The Morgan fingerprint density at radius 2 is 1.85 bits per heavy atom. The molecule has 3 aromatic rings. The molecule has 2 heterocycles. The molecule has 2 aromatic heterocycles. The molecular weight excluding hydrogens is 282 g/mol. The number of nitrogens with zero attached hydrogens (tertiary/aromatic N) is 1. The summed E-state index contributed by atoms with van der Waals surface area (Å²) in [5.41, 5.74) is 1.41. The van der Waals surface area contributed by atoms with Crippen molar-refractivity contribution in [2.75, 3.05) is 0 Å². The zero-order valence-electron chi connectivity index (χ0n) is 10.0. The van der Waals surface area contributed by atoms with Crippen LogP contribution in [0, 0.1) is 23.5 Å². The van der Waals surface area contributed by atoms with Crippen LogP contribution in [0.5, 0.6) is 0 Å². The van der Waals surface area contributed by atoms with Gasteiger partial charge in [-0.05, 0) is 18.2 Å². The molecule has 0 spiro atoms. The topological polar surface area (TPSA) is 28.7 Å². The second kappa shape index (κ2) is 4.95. The number of rotatable bonds is 0. The molecule has 0 radical (unpaired) electrons. The van der Waals surface area contributed by atoms with Crippen molar-refractivity contribution in [2.45, 2.75) is 0 Å². The average Bonchev–Trinajstić information content (AvgIpc) is 2.86. The van der Waals surface area contributed by atoms with Gasteiger partial charge in [0.2, 0.25) is 0 Å². The van der Waals surface area contributed by atoms with Crippen LogP contribution in [0.2, 0.25) is 5.02 Å². The Balaban J connectivity index is 2.05. The van der Waals surface area contributed by atoms with Crippen molar-refractivity contribution in [1.29, 1.82) is 0 Å². The van der Waals surface area contributed by atoms with E-state index in [2.05, 4.69) is 21.8 Å². The first-order chi connectivity index (χ1) is 9.63. The predicted molar refractivity (Wildman–Crippen MR) is 73.4 cm³/mol. The summed E-state index contributed by atoms with van der Waals surface area (Å²) in [7, 11) is 0. The van der Waals surface area contributed by atoms with Crippen LogP contribution in [0.3, 0.4) is 0 Å². The Kier molecular flexibility index (Phi) is 3.13. The van der Waals surface area contributed by atoms with E-state index in [0.717, 1.165) is 23.6 Å². The van der Waals surface area contributed by atoms with E-state index in [0.29, 0.717) is 16.2 Å². The van der Waals surface area contributed by atoms with E-state index in [1.807, 2.05) is 0 Å². The van der Waals surface area contributed by atoms with Gasteiger partial charge in [-0.25, -0.2) is 13.8 Å². The van der Waals surface area contributed by atoms with E-state index >= 15 is 0 Å². The van der Waals surface area contributed by atoms with Gasteiger partial charge in [0, 0.05) is 29.4 Å². The van der Waals surface area contributed by atoms with Crippen LogP contribution in [0.4, 0.5) is 8.78 Å². The Hall–Kier alpha value is -2.38. The normalized spacial score (nSPS) is 10.3. The Morgan fingerprint density at radius 3 is 2.60 bits per heavy atom. The van der Waals surface area contributed by atoms with Gasteiger partial charge in [0.25, 0.3) is 0 Å². The minimum atomic E-state index is -0.667. The monoisotopic (exact) mass is 288 g/mol. The number of benzene rings is 1. The zero-order chi connectivity index (χ0) is 14.1. The molecule has 98 valence electrons. The molecule has 3 rings (SSSR count). The SMILES string of the molecule is Fc1cc(F)cc(C#Cc2cnc3[nH]ccc3c2Cl)c1.